The highest BCUT2D eigenvalue weighted by Gasteiger charge is 2.04. The largest absolute Gasteiger partial charge is 0.324 e. The highest BCUT2D eigenvalue weighted by Crippen LogP contribution is 2.19. The Labute approximate surface area is 84.2 Å². The van der Waals surface area contributed by atoms with E-state index in [2.05, 4.69) is 6.58 Å². The van der Waals surface area contributed by atoms with Gasteiger partial charge in [0.2, 0.25) is 0 Å². The zero-order valence-corrected chi connectivity index (χ0v) is 8.30. The predicted octanol–water partition coefficient (Wildman–Crippen LogP) is 3.31. The van der Waals surface area contributed by atoms with Crippen molar-refractivity contribution >= 4 is 11.6 Å². The minimum atomic E-state index is 0.0664. The van der Waals surface area contributed by atoms with E-state index in [0.29, 0.717) is 0 Å². The standard InChI is InChI=1S/C11H14ClN/c1-2-3-7-11(13)9-5-4-6-10(12)8-9/h2,4-6,8,11H,1,3,7,13H2/t11-/m1/s1. The predicted molar refractivity (Wildman–Crippen MR) is 57.8 cm³/mol. The van der Waals surface area contributed by atoms with E-state index < -0.39 is 0 Å². The van der Waals surface area contributed by atoms with E-state index in [1.54, 1.807) is 0 Å². The van der Waals surface area contributed by atoms with Crippen LogP contribution in [0, 0.1) is 0 Å². The van der Waals surface area contributed by atoms with Gasteiger partial charge in [0.15, 0.2) is 0 Å². The summed E-state index contributed by atoms with van der Waals surface area (Å²) in [7, 11) is 0. The molecule has 2 heteroatoms. The molecule has 0 aliphatic carbocycles. The lowest BCUT2D eigenvalue weighted by Crippen LogP contribution is -2.09. The molecular formula is C11H14ClN. The Morgan fingerprint density at radius 1 is 1.54 bits per heavy atom. The Morgan fingerprint density at radius 3 is 2.92 bits per heavy atom. The summed E-state index contributed by atoms with van der Waals surface area (Å²) in [6.07, 6.45) is 3.74. The van der Waals surface area contributed by atoms with Gasteiger partial charge in [-0.3, -0.25) is 0 Å². The van der Waals surface area contributed by atoms with E-state index in [0.717, 1.165) is 23.4 Å². The molecule has 70 valence electrons. The van der Waals surface area contributed by atoms with Gasteiger partial charge in [-0.2, -0.15) is 0 Å². The molecule has 1 aromatic rings. The number of rotatable bonds is 4. The summed E-state index contributed by atoms with van der Waals surface area (Å²) < 4.78 is 0. The van der Waals surface area contributed by atoms with E-state index >= 15 is 0 Å². The van der Waals surface area contributed by atoms with E-state index in [9.17, 15) is 0 Å². The third kappa shape index (κ3) is 3.21. The van der Waals surface area contributed by atoms with Crippen molar-refractivity contribution in [1.29, 1.82) is 0 Å². The molecule has 0 amide bonds. The fraction of sp³-hybridized carbons (Fsp3) is 0.273. The Hall–Kier alpha value is -0.790. The fourth-order valence-corrected chi connectivity index (χ4v) is 1.40. The average molecular weight is 196 g/mol. The first kappa shape index (κ1) is 10.3. The summed E-state index contributed by atoms with van der Waals surface area (Å²) >= 11 is 5.85. The topological polar surface area (TPSA) is 26.0 Å². The van der Waals surface area contributed by atoms with E-state index in [1.807, 2.05) is 30.3 Å². The van der Waals surface area contributed by atoms with Crippen molar-refractivity contribution in [2.45, 2.75) is 18.9 Å². The maximum Gasteiger partial charge on any atom is 0.0409 e. The summed E-state index contributed by atoms with van der Waals surface area (Å²) in [4.78, 5) is 0. The molecule has 1 atom stereocenters. The molecule has 0 saturated carbocycles. The normalized spacial score (nSPS) is 12.5. The van der Waals surface area contributed by atoms with Crippen LogP contribution in [0.4, 0.5) is 0 Å². The zero-order chi connectivity index (χ0) is 9.68. The third-order valence-corrected chi connectivity index (χ3v) is 2.19. The first-order valence-electron chi connectivity index (χ1n) is 4.36. The molecule has 13 heavy (non-hydrogen) atoms. The molecule has 0 bridgehead atoms. The van der Waals surface area contributed by atoms with Gasteiger partial charge in [-0.05, 0) is 30.5 Å². The molecular weight excluding hydrogens is 182 g/mol. The molecule has 2 N–H and O–H groups in total. The molecule has 1 rings (SSSR count). The van der Waals surface area contributed by atoms with Crippen molar-refractivity contribution in [3.05, 3.63) is 47.5 Å². The molecule has 0 aromatic heterocycles. The van der Waals surface area contributed by atoms with Gasteiger partial charge in [-0.1, -0.05) is 29.8 Å². The molecule has 0 unspecified atom stereocenters. The fourth-order valence-electron chi connectivity index (χ4n) is 1.20. The van der Waals surface area contributed by atoms with Gasteiger partial charge >= 0.3 is 0 Å². The maximum absolute atomic E-state index is 5.94. The third-order valence-electron chi connectivity index (χ3n) is 1.96. The molecule has 0 heterocycles. The van der Waals surface area contributed by atoms with Crippen LogP contribution in [0.25, 0.3) is 0 Å². The first-order chi connectivity index (χ1) is 6.24. The second kappa shape index (κ2) is 5.05. The summed E-state index contributed by atoms with van der Waals surface area (Å²) in [5.74, 6) is 0. The van der Waals surface area contributed by atoms with Crippen LogP contribution in [0.1, 0.15) is 24.4 Å². The van der Waals surface area contributed by atoms with Crippen LogP contribution in [0.15, 0.2) is 36.9 Å². The summed E-state index contributed by atoms with van der Waals surface area (Å²) in [6.45, 7) is 3.66. The Kier molecular flexibility index (Phi) is 4.00. The van der Waals surface area contributed by atoms with Crippen LogP contribution >= 0.6 is 11.6 Å². The van der Waals surface area contributed by atoms with Gasteiger partial charge in [-0.25, -0.2) is 0 Å². The zero-order valence-electron chi connectivity index (χ0n) is 7.54. The second-order valence-electron chi connectivity index (χ2n) is 3.03. The Balaban J connectivity index is 2.65. The lowest BCUT2D eigenvalue weighted by molar-refractivity contribution is 0.661. The van der Waals surface area contributed by atoms with Crippen molar-refractivity contribution in [3.63, 3.8) is 0 Å². The highest BCUT2D eigenvalue weighted by molar-refractivity contribution is 6.30. The van der Waals surface area contributed by atoms with Crippen molar-refractivity contribution in [2.75, 3.05) is 0 Å². The minimum absolute atomic E-state index is 0.0664. The van der Waals surface area contributed by atoms with Gasteiger partial charge < -0.3 is 5.73 Å². The van der Waals surface area contributed by atoms with E-state index in [4.69, 9.17) is 17.3 Å². The van der Waals surface area contributed by atoms with Crippen LogP contribution in [0.3, 0.4) is 0 Å². The number of halogens is 1. The highest BCUT2D eigenvalue weighted by atomic mass is 35.5. The summed E-state index contributed by atoms with van der Waals surface area (Å²) in [5, 5.41) is 0.742. The summed E-state index contributed by atoms with van der Waals surface area (Å²) in [6, 6.07) is 7.75. The monoisotopic (exact) mass is 195 g/mol. The SMILES string of the molecule is C=CCC[C@@H](N)c1cccc(Cl)c1. The molecule has 1 nitrogen and oxygen atoms in total. The van der Waals surface area contributed by atoms with Crippen molar-refractivity contribution in [2.24, 2.45) is 5.73 Å². The van der Waals surface area contributed by atoms with Crippen molar-refractivity contribution in [3.8, 4) is 0 Å². The van der Waals surface area contributed by atoms with Gasteiger partial charge in [0.05, 0.1) is 0 Å². The molecule has 0 spiro atoms. The quantitative estimate of drug-likeness (QED) is 0.733. The molecule has 0 saturated heterocycles. The number of benzene rings is 1. The lowest BCUT2D eigenvalue weighted by Gasteiger charge is -2.10. The van der Waals surface area contributed by atoms with Gasteiger partial charge in [0.1, 0.15) is 0 Å². The van der Waals surface area contributed by atoms with Crippen molar-refractivity contribution in [1.82, 2.24) is 0 Å². The van der Waals surface area contributed by atoms with E-state index in [1.165, 1.54) is 0 Å². The maximum atomic E-state index is 5.94. The van der Waals surface area contributed by atoms with Gasteiger partial charge in [0, 0.05) is 11.1 Å². The van der Waals surface area contributed by atoms with Crippen LogP contribution in [-0.2, 0) is 0 Å². The van der Waals surface area contributed by atoms with Gasteiger partial charge in [0.25, 0.3) is 0 Å². The van der Waals surface area contributed by atoms with Crippen molar-refractivity contribution < 1.29 is 0 Å². The van der Waals surface area contributed by atoms with Crippen LogP contribution in [-0.4, -0.2) is 0 Å². The summed E-state index contributed by atoms with van der Waals surface area (Å²) in [5.41, 5.74) is 7.04. The smallest absolute Gasteiger partial charge is 0.0409 e. The molecule has 0 aliphatic heterocycles. The molecule has 0 radical (unpaired) electrons. The number of allylic oxidation sites excluding steroid dienone is 1. The second-order valence-corrected chi connectivity index (χ2v) is 3.46. The molecule has 0 aliphatic rings. The molecule has 1 aromatic carbocycles. The Morgan fingerprint density at radius 2 is 2.31 bits per heavy atom. The number of hydrogen-bond acceptors (Lipinski definition) is 1. The average Bonchev–Trinajstić information content (AvgIpc) is 2.14. The Bertz CT molecular complexity index is 283. The number of nitrogens with two attached hydrogens (primary N) is 1. The van der Waals surface area contributed by atoms with Crippen LogP contribution < -0.4 is 5.73 Å². The van der Waals surface area contributed by atoms with Crippen LogP contribution in [0.2, 0.25) is 5.02 Å². The number of hydrogen-bond donors (Lipinski definition) is 1. The van der Waals surface area contributed by atoms with E-state index in [-0.39, 0.29) is 6.04 Å². The minimum Gasteiger partial charge on any atom is -0.324 e. The van der Waals surface area contributed by atoms with Gasteiger partial charge in [-0.15, -0.1) is 6.58 Å². The lowest BCUT2D eigenvalue weighted by atomic mass is 10.0. The van der Waals surface area contributed by atoms with Crippen LogP contribution in [0.5, 0.6) is 0 Å². The molecule has 0 fully saturated rings. The first-order valence-corrected chi connectivity index (χ1v) is 4.74.